The highest BCUT2D eigenvalue weighted by atomic mass is 35.5. The Hall–Kier alpha value is -2.69. The zero-order valence-corrected chi connectivity index (χ0v) is 19.8. The molecule has 32 heavy (non-hydrogen) atoms. The fourth-order valence-electron chi connectivity index (χ4n) is 3.83. The first-order valence-electron chi connectivity index (χ1n) is 10.4. The molecule has 3 heterocycles. The van der Waals surface area contributed by atoms with Crippen LogP contribution in [-0.2, 0) is 16.6 Å². The summed E-state index contributed by atoms with van der Waals surface area (Å²) in [7, 11) is -3.97. The number of rotatable bonds is 5. The minimum Gasteiger partial charge on any atom is -0.369 e. The van der Waals surface area contributed by atoms with Crippen LogP contribution in [0.15, 0.2) is 41.6 Å². The Labute approximate surface area is 192 Å². The number of aryl methyl sites for hydroxylation is 3. The molecule has 0 N–H and O–H groups in total. The van der Waals surface area contributed by atoms with E-state index in [-0.39, 0.29) is 23.7 Å². The Kier molecular flexibility index (Phi) is 6.11. The van der Waals surface area contributed by atoms with Crippen LogP contribution in [-0.4, -0.2) is 64.4 Å². The SMILES string of the molecule is CCn1cc(C(=O)n2nc(C)cc2C)c(S(=O)(=O)N2CCN(c3cccc(Cl)c3)CC2)n1. The van der Waals surface area contributed by atoms with Crippen LogP contribution in [0.1, 0.15) is 28.7 Å². The van der Waals surface area contributed by atoms with Crippen LogP contribution in [0.3, 0.4) is 0 Å². The summed E-state index contributed by atoms with van der Waals surface area (Å²) in [5, 5.41) is 8.86. The molecular formula is C21H25ClN6O3S. The van der Waals surface area contributed by atoms with Gasteiger partial charge in [-0.05, 0) is 45.0 Å². The number of hydrogen-bond acceptors (Lipinski definition) is 6. The molecule has 0 bridgehead atoms. The maximum absolute atomic E-state index is 13.5. The van der Waals surface area contributed by atoms with E-state index in [1.54, 1.807) is 26.0 Å². The number of sulfonamides is 1. The second-order valence-electron chi connectivity index (χ2n) is 7.72. The van der Waals surface area contributed by atoms with Crippen LogP contribution in [0, 0.1) is 13.8 Å². The fourth-order valence-corrected chi connectivity index (χ4v) is 5.53. The van der Waals surface area contributed by atoms with Crippen LogP contribution >= 0.6 is 11.6 Å². The first-order chi connectivity index (χ1) is 15.2. The molecule has 11 heteroatoms. The standard InChI is InChI=1S/C21H25ClN6O3S/c1-4-26-14-19(21(29)28-16(3)12-15(2)23-28)20(24-26)32(30,31)27-10-8-25(9-11-27)18-7-5-6-17(22)13-18/h5-7,12-14H,4,8-11H2,1-3H3. The largest absolute Gasteiger partial charge is 0.369 e. The smallest absolute Gasteiger partial charge is 0.283 e. The van der Waals surface area contributed by atoms with Crippen molar-refractivity contribution in [2.24, 2.45) is 0 Å². The Morgan fingerprint density at radius 3 is 2.41 bits per heavy atom. The van der Waals surface area contributed by atoms with Gasteiger partial charge in [0.2, 0.25) is 5.03 Å². The van der Waals surface area contributed by atoms with E-state index in [2.05, 4.69) is 15.1 Å². The molecule has 0 radical (unpaired) electrons. The number of halogens is 1. The van der Waals surface area contributed by atoms with Gasteiger partial charge in [-0.3, -0.25) is 9.48 Å². The van der Waals surface area contributed by atoms with E-state index in [4.69, 9.17) is 11.6 Å². The number of anilines is 1. The molecule has 0 atom stereocenters. The Balaban J connectivity index is 1.61. The summed E-state index contributed by atoms with van der Waals surface area (Å²) in [6.45, 7) is 7.39. The van der Waals surface area contributed by atoms with Gasteiger partial charge >= 0.3 is 0 Å². The summed E-state index contributed by atoms with van der Waals surface area (Å²) in [5.41, 5.74) is 2.29. The van der Waals surface area contributed by atoms with Crippen molar-refractivity contribution in [3.63, 3.8) is 0 Å². The van der Waals surface area contributed by atoms with Gasteiger partial charge in [-0.15, -0.1) is 0 Å². The molecule has 9 nitrogen and oxygen atoms in total. The van der Waals surface area contributed by atoms with Gasteiger partial charge in [0.1, 0.15) is 5.56 Å². The van der Waals surface area contributed by atoms with Gasteiger partial charge in [-0.2, -0.15) is 14.5 Å². The lowest BCUT2D eigenvalue weighted by Crippen LogP contribution is -2.49. The molecule has 1 aliphatic heterocycles. The van der Waals surface area contributed by atoms with E-state index in [9.17, 15) is 13.2 Å². The number of aromatic nitrogens is 4. The number of hydrogen-bond donors (Lipinski definition) is 0. The normalized spacial score (nSPS) is 15.3. The summed E-state index contributed by atoms with van der Waals surface area (Å²) in [4.78, 5) is 15.3. The van der Waals surface area contributed by atoms with Crippen molar-refractivity contribution in [1.82, 2.24) is 23.9 Å². The van der Waals surface area contributed by atoms with E-state index < -0.39 is 15.9 Å². The van der Waals surface area contributed by atoms with Crippen LogP contribution in [0.2, 0.25) is 5.02 Å². The summed E-state index contributed by atoms with van der Waals surface area (Å²) in [5.74, 6) is -0.508. The third-order valence-corrected chi connectivity index (χ3v) is 7.55. The van der Waals surface area contributed by atoms with Crippen molar-refractivity contribution in [2.75, 3.05) is 31.1 Å². The number of benzene rings is 1. The summed E-state index contributed by atoms with van der Waals surface area (Å²) >= 11 is 6.09. The third kappa shape index (κ3) is 4.17. The molecule has 0 saturated carbocycles. The van der Waals surface area contributed by atoms with E-state index in [1.165, 1.54) is 19.9 Å². The van der Waals surface area contributed by atoms with E-state index in [1.807, 2.05) is 25.1 Å². The molecule has 1 saturated heterocycles. The summed E-state index contributed by atoms with van der Waals surface area (Å²) < 4.78 is 31.1. The van der Waals surface area contributed by atoms with Gasteiger partial charge in [0.25, 0.3) is 15.9 Å². The second kappa shape index (κ2) is 8.68. The molecule has 3 aromatic rings. The van der Waals surface area contributed by atoms with Gasteiger partial charge in [0.05, 0.1) is 5.69 Å². The molecule has 2 aromatic heterocycles. The molecule has 1 aromatic carbocycles. The number of piperazine rings is 1. The third-order valence-electron chi connectivity index (χ3n) is 5.48. The summed E-state index contributed by atoms with van der Waals surface area (Å²) in [6.07, 6.45) is 1.48. The van der Waals surface area contributed by atoms with Gasteiger partial charge in [0.15, 0.2) is 0 Å². The first-order valence-corrected chi connectivity index (χ1v) is 12.2. The maximum atomic E-state index is 13.5. The van der Waals surface area contributed by atoms with Gasteiger partial charge in [-0.1, -0.05) is 17.7 Å². The maximum Gasteiger partial charge on any atom is 0.283 e. The highest BCUT2D eigenvalue weighted by molar-refractivity contribution is 7.89. The molecule has 0 spiro atoms. The van der Waals surface area contributed by atoms with Gasteiger partial charge in [-0.25, -0.2) is 13.1 Å². The zero-order chi connectivity index (χ0) is 23.0. The lowest BCUT2D eigenvalue weighted by atomic mass is 10.2. The molecule has 1 aliphatic rings. The molecule has 4 rings (SSSR count). The molecule has 1 fully saturated rings. The van der Waals surface area contributed by atoms with E-state index >= 15 is 0 Å². The lowest BCUT2D eigenvalue weighted by Gasteiger charge is -2.35. The number of carbonyl (C=O) groups is 1. The second-order valence-corrected chi connectivity index (χ2v) is 10.0. The molecule has 0 aliphatic carbocycles. The quantitative estimate of drug-likeness (QED) is 0.562. The highest BCUT2D eigenvalue weighted by Gasteiger charge is 2.35. The van der Waals surface area contributed by atoms with Crippen molar-refractivity contribution < 1.29 is 13.2 Å². The predicted octanol–water partition coefficient (Wildman–Crippen LogP) is 2.57. The Morgan fingerprint density at radius 2 is 1.81 bits per heavy atom. The van der Waals surface area contributed by atoms with Crippen molar-refractivity contribution in [1.29, 1.82) is 0 Å². The minimum atomic E-state index is -3.97. The van der Waals surface area contributed by atoms with E-state index in [0.717, 1.165) is 5.69 Å². The van der Waals surface area contributed by atoms with E-state index in [0.29, 0.717) is 36.0 Å². The van der Waals surface area contributed by atoms with Gasteiger partial charge in [0, 0.05) is 55.3 Å². The Bertz CT molecular complexity index is 1260. The molecule has 0 amide bonds. The van der Waals surface area contributed by atoms with Gasteiger partial charge < -0.3 is 4.90 Å². The summed E-state index contributed by atoms with van der Waals surface area (Å²) in [6, 6.07) is 9.25. The molecule has 170 valence electrons. The van der Waals surface area contributed by atoms with Crippen LogP contribution in [0.4, 0.5) is 5.69 Å². The van der Waals surface area contributed by atoms with Crippen LogP contribution in [0.25, 0.3) is 0 Å². The minimum absolute atomic E-state index is 0.0234. The fraction of sp³-hybridized carbons (Fsp3) is 0.381. The molecular weight excluding hydrogens is 452 g/mol. The zero-order valence-electron chi connectivity index (χ0n) is 18.2. The van der Waals surface area contributed by atoms with Crippen molar-refractivity contribution in [2.45, 2.75) is 32.3 Å². The van der Waals surface area contributed by atoms with Crippen molar-refractivity contribution in [3.8, 4) is 0 Å². The van der Waals surface area contributed by atoms with Crippen molar-refractivity contribution >= 4 is 33.2 Å². The first kappa shape index (κ1) is 22.5. The van der Waals surface area contributed by atoms with Crippen molar-refractivity contribution in [3.05, 3.63) is 58.5 Å². The average Bonchev–Trinajstić information content (AvgIpc) is 3.36. The lowest BCUT2D eigenvalue weighted by molar-refractivity contribution is 0.0938. The number of nitrogens with zero attached hydrogens (tertiary/aromatic N) is 6. The predicted molar refractivity (Wildman–Crippen MR) is 122 cm³/mol. The van der Waals surface area contributed by atoms with Crippen LogP contribution in [0.5, 0.6) is 0 Å². The molecule has 0 unspecified atom stereocenters. The Morgan fingerprint density at radius 1 is 1.09 bits per heavy atom. The van der Waals surface area contributed by atoms with Crippen LogP contribution < -0.4 is 4.90 Å². The topological polar surface area (TPSA) is 93.3 Å². The average molecular weight is 477 g/mol. The highest BCUT2D eigenvalue weighted by Crippen LogP contribution is 2.25. The number of carbonyl (C=O) groups excluding carboxylic acids is 1. The monoisotopic (exact) mass is 476 g/mol.